The predicted molar refractivity (Wildman–Crippen MR) is 138 cm³/mol. The number of imide groups is 1. The van der Waals surface area contributed by atoms with Gasteiger partial charge in [0.15, 0.2) is 0 Å². The highest BCUT2D eigenvalue weighted by Crippen LogP contribution is 2.38. The number of aromatic nitrogens is 1. The number of para-hydroxylation sites is 1. The lowest BCUT2D eigenvalue weighted by atomic mass is 9.78. The molecule has 3 amide bonds. The van der Waals surface area contributed by atoms with Crippen molar-refractivity contribution < 1.29 is 14.4 Å². The molecule has 1 saturated heterocycles. The van der Waals surface area contributed by atoms with E-state index in [0.717, 1.165) is 24.8 Å². The zero-order valence-electron chi connectivity index (χ0n) is 20.3. The number of rotatable bonds is 6. The van der Waals surface area contributed by atoms with Gasteiger partial charge in [0.25, 0.3) is 5.91 Å². The Labute approximate surface area is 210 Å². The van der Waals surface area contributed by atoms with Crippen molar-refractivity contribution in [2.24, 2.45) is 5.92 Å². The summed E-state index contributed by atoms with van der Waals surface area (Å²) in [7, 11) is 1.68. The number of pyridine rings is 1. The minimum atomic E-state index is -0.858. The maximum Gasteiger partial charge on any atom is 0.250 e. The van der Waals surface area contributed by atoms with Crippen molar-refractivity contribution in [3.63, 3.8) is 0 Å². The second-order valence-electron chi connectivity index (χ2n) is 9.67. The Morgan fingerprint density at radius 2 is 1.83 bits per heavy atom. The third-order valence-electron chi connectivity index (χ3n) is 7.43. The van der Waals surface area contributed by atoms with Crippen molar-refractivity contribution in [2.75, 3.05) is 17.7 Å². The summed E-state index contributed by atoms with van der Waals surface area (Å²) in [6.45, 7) is 0. The fraction of sp³-hybridized carbons (Fsp3) is 0.310. The Balaban J connectivity index is 1.40. The van der Waals surface area contributed by atoms with Crippen LogP contribution >= 0.6 is 0 Å². The van der Waals surface area contributed by atoms with Crippen LogP contribution < -0.4 is 10.6 Å². The van der Waals surface area contributed by atoms with Gasteiger partial charge in [0.2, 0.25) is 11.8 Å². The van der Waals surface area contributed by atoms with Crippen LogP contribution in [0.25, 0.3) is 0 Å². The first-order valence-corrected chi connectivity index (χ1v) is 12.4. The number of hydrogen-bond donors (Lipinski definition) is 1. The molecule has 3 atom stereocenters. The van der Waals surface area contributed by atoms with E-state index in [0.29, 0.717) is 17.9 Å². The van der Waals surface area contributed by atoms with Crippen molar-refractivity contribution in [3.8, 4) is 0 Å². The van der Waals surface area contributed by atoms with Crippen molar-refractivity contribution in [2.45, 2.75) is 44.1 Å². The van der Waals surface area contributed by atoms with E-state index in [2.05, 4.69) is 17.1 Å². The normalized spacial score (nSPS) is 20.9. The molecular weight excluding hydrogens is 452 g/mol. The summed E-state index contributed by atoms with van der Waals surface area (Å²) in [6.07, 6.45) is 5.03. The van der Waals surface area contributed by atoms with Crippen LogP contribution in [0.1, 0.15) is 41.9 Å². The fourth-order valence-electron chi connectivity index (χ4n) is 5.54. The number of fused-ring (bicyclic) bond motifs is 1. The summed E-state index contributed by atoms with van der Waals surface area (Å²) in [5.74, 6) is -1.09. The molecular formula is C29H30N4O3. The number of β-lactam (4-membered cyclic amide) rings is 1. The van der Waals surface area contributed by atoms with Gasteiger partial charge >= 0.3 is 0 Å². The smallest absolute Gasteiger partial charge is 0.250 e. The molecule has 184 valence electrons. The number of nitrogen functional groups attached to an aromatic ring is 1. The van der Waals surface area contributed by atoms with E-state index in [1.807, 2.05) is 42.5 Å². The molecule has 2 aromatic carbocycles. The molecule has 0 bridgehead atoms. The Morgan fingerprint density at radius 3 is 2.61 bits per heavy atom. The van der Waals surface area contributed by atoms with E-state index in [4.69, 9.17) is 5.73 Å². The second kappa shape index (κ2) is 9.93. The number of hydrogen-bond acceptors (Lipinski definition) is 5. The van der Waals surface area contributed by atoms with Crippen LogP contribution in [-0.2, 0) is 27.2 Å². The van der Waals surface area contributed by atoms with Crippen LogP contribution in [0, 0.1) is 5.92 Å². The monoisotopic (exact) mass is 482 g/mol. The van der Waals surface area contributed by atoms with Gasteiger partial charge in [-0.15, -0.1) is 0 Å². The van der Waals surface area contributed by atoms with Crippen molar-refractivity contribution in [1.29, 1.82) is 0 Å². The average molecular weight is 483 g/mol. The highest BCUT2D eigenvalue weighted by Gasteiger charge is 2.55. The first kappa shape index (κ1) is 23.7. The number of carbonyl (C=O) groups is 3. The largest absolute Gasteiger partial charge is 0.384 e. The standard InChI is InChI=1S/C29H30N4O3/c1-32(22-11-3-2-4-12-22)29(36)27-24(16-19-14-15-31-25(30)17-19)28(35)33(27)26(34)18-21-10-7-9-20-8-5-6-13-23(20)21/h2-6,8,11-15,17,21,24,27H,7,9-10,16,18H2,1H3,(H2,30,31)/t21?,24-,27+/m1/s1. The van der Waals surface area contributed by atoms with Gasteiger partial charge in [0, 0.05) is 25.4 Å². The van der Waals surface area contributed by atoms with Crippen LogP contribution in [0.3, 0.4) is 0 Å². The topological polar surface area (TPSA) is 96.6 Å². The Bertz CT molecular complexity index is 1290. The lowest BCUT2D eigenvalue weighted by Gasteiger charge is -2.46. The molecule has 7 heteroatoms. The third-order valence-corrected chi connectivity index (χ3v) is 7.43. The van der Waals surface area contributed by atoms with Gasteiger partial charge in [-0.3, -0.25) is 19.3 Å². The van der Waals surface area contributed by atoms with Gasteiger partial charge in [-0.05, 0) is 72.6 Å². The Kier molecular flexibility index (Phi) is 6.55. The second-order valence-corrected chi connectivity index (χ2v) is 9.67. The first-order chi connectivity index (χ1) is 17.4. The van der Waals surface area contributed by atoms with E-state index in [1.54, 1.807) is 25.4 Å². The Morgan fingerprint density at radius 1 is 1.08 bits per heavy atom. The molecule has 0 spiro atoms. The molecule has 0 saturated carbocycles. The lowest BCUT2D eigenvalue weighted by molar-refractivity contribution is -0.170. The zero-order valence-corrected chi connectivity index (χ0v) is 20.3. The summed E-state index contributed by atoms with van der Waals surface area (Å²) >= 11 is 0. The average Bonchev–Trinajstić information content (AvgIpc) is 2.90. The predicted octanol–water partition coefficient (Wildman–Crippen LogP) is 3.73. The van der Waals surface area contributed by atoms with Crippen LogP contribution in [0.15, 0.2) is 72.9 Å². The maximum atomic E-state index is 13.7. The molecule has 1 fully saturated rings. The number of carbonyl (C=O) groups excluding carboxylic acids is 3. The number of anilines is 2. The number of amides is 3. The zero-order chi connectivity index (χ0) is 25.2. The van der Waals surface area contributed by atoms with Gasteiger partial charge < -0.3 is 10.6 Å². The van der Waals surface area contributed by atoms with Crippen molar-refractivity contribution in [3.05, 3.63) is 89.6 Å². The van der Waals surface area contributed by atoms with E-state index in [9.17, 15) is 14.4 Å². The van der Waals surface area contributed by atoms with Crippen LogP contribution in [0.2, 0.25) is 0 Å². The lowest BCUT2D eigenvalue weighted by Crippen LogP contribution is -2.69. The number of likely N-dealkylation sites (tertiary alicyclic amines) is 1. The van der Waals surface area contributed by atoms with E-state index < -0.39 is 12.0 Å². The minimum Gasteiger partial charge on any atom is -0.384 e. The first-order valence-electron chi connectivity index (χ1n) is 12.4. The molecule has 2 heterocycles. The van der Waals surface area contributed by atoms with Gasteiger partial charge in [0.1, 0.15) is 11.9 Å². The third kappa shape index (κ3) is 4.49. The number of benzene rings is 2. The van der Waals surface area contributed by atoms with Gasteiger partial charge in [-0.2, -0.15) is 0 Å². The summed E-state index contributed by atoms with van der Waals surface area (Å²) in [6, 6.07) is 20.1. The summed E-state index contributed by atoms with van der Waals surface area (Å²) in [5.41, 5.74) is 9.80. The van der Waals surface area contributed by atoms with Gasteiger partial charge in [-0.1, -0.05) is 42.5 Å². The molecule has 36 heavy (non-hydrogen) atoms. The number of nitrogens with two attached hydrogens (primary N) is 1. The Hall–Kier alpha value is -4.00. The van der Waals surface area contributed by atoms with Gasteiger partial charge in [-0.25, -0.2) is 4.98 Å². The maximum absolute atomic E-state index is 13.7. The number of likely N-dealkylation sites (N-methyl/N-ethyl adjacent to an activating group) is 1. The number of nitrogens with zero attached hydrogens (tertiary/aromatic N) is 3. The highest BCUT2D eigenvalue weighted by atomic mass is 16.2. The summed E-state index contributed by atoms with van der Waals surface area (Å²) in [5, 5.41) is 0. The highest BCUT2D eigenvalue weighted by molar-refractivity contribution is 6.13. The summed E-state index contributed by atoms with van der Waals surface area (Å²) < 4.78 is 0. The number of aryl methyl sites for hydroxylation is 1. The van der Waals surface area contributed by atoms with Crippen LogP contribution in [-0.4, -0.2) is 40.7 Å². The fourth-order valence-corrected chi connectivity index (χ4v) is 5.54. The van der Waals surface area contributed by atoms with Crippen LogP contribution in [0.5, 0.6) is 0 Å². The summed E-state index contributed by atoms with van der Waals surface area (Å²) in [4.78, 5) is 47.3. The SMILES string of the molecule is CN(C(=O)[C@@H]1[C@@H](Cc2ccnc(N)c2)C(=O)N1C(=O)CC1CCCc2ccccc21)c1ccccc1. The molecule has 1 aromatic heterocycles. The van der Waals surface area contributed by atoms with Gasteiger partial charge in [0.05, 0.1) is 5.92 Å². The molecule has 1 unspecified atom stereocenters. The molecule has 7 nitrogen and oxygen atoms in total. The molecule has 1 aliphatic carbocycles. The van der Waals surface area contributed by atoms with E-state index >= 15 is 0 Å². The van der Waals surface area contributed by atoms with Crippen molar-refractivity contribution in [1.82, 2.24) is 9.88 Å². The van der Waals surface area contributed by atoms with Crippen LogP contribution in [0.4, 0.5) is 11.5 Å². The minimum absolute atomic E-state index is 0.0527. The molecule has 2 N–H and O–H groups in total. The molecule has 5 rings (SSSR count). The van der Waals surface area contributed by atoms with E-state index in [1.165, 1.54) is 20.9 Å². The van der Waals surface area contributed by atoms with Crippen molar-refractivity contribution >= 4 is 29.2 Å². The molecule has 3 aromatic rings. The molecule has 0 radical (unpaired) electrons. The molecule has 2 aliphatic rings. The quantitative estimate of drug-likeness (QED) is 0.540. The molecule has 1 aliphatic heterocycles. The van der Waals surface area contributed by atoms with E-state index in [-0.39, 0.29) is 30.1 Å².